The van der Waals surface area contributed by atoms with Gasteiger partial charge in [0.1, 0.15) is 12.2 Å². The van der Waals surface area contributed by atoms with Gasteiger partial charge in [0.2, 0.25) is 0 Å². The van der Waals surface area contributed by atoms with Crippen LogP contribution in [0.15, 0.2) is 0 Å². The lowest BCUT2D eigenvalue weighted by Gasteiger charge is -2.27. The van der Waals surface area contributed by atoms with Crippen LogP contribution >= 0.6 is 0 Å². The Balaban J connectivity index is 1.99. The van der Waals surface area contributed by atoms with E-state index in [-0.39, 0.29) is 12.2 Å². The summed E-state index contributed by atoms with van der Waals surface area (Å²) in [6.45, 7) is 9.71. The average molecular weight is 443 g/mol. The number of ether oxygens (including phenoxy) is 4. The molecule has 0 amide bonds. The van der Waals surface area contributed by atoms with Crippen molar-refractivity contribution in [2.75, 3.05) is 13.2 Å². The van der Waals surface area contributed by atoms with Gasteiger partial charge in [0, 0.05) is 0 Å². The number of rotatable bonds is 15. The Hall–Kier alpha value is -1.46. The van der Waals surface area contributed by atoms with Crippen molar-refractivity contribution in [2.45, 2.75) is 123 Å². The predicted octanol–water partition coefficient (Wildman–Crippen LogP) is 7.43. The summed E-state index contributed by atoms with van der Waals surface area (Å²) < 4.78 is 21.1. The van der Waals surface area contributed by atoms with Gasteiger partial charge in [-0.25, -0.2) is 9.59 Å². The topological polar surface area (TPSA) is 71.1 Å². The maximum atomic E-state index is 11.8. The number of carbonyl (C=O) groups is 2. The fourth-order valence-electron chi connectivity index (χ4n) is 3.76. The van der Waals surface area contributed by atoms with Crippen LogP contribution in [-0.4, -0.2) is 37.7 Å². The van der Waals surface area contributed by atoms with Gasteiger partial charge in [-0.1, -0.05) is 66.2 Å². The summed E-state index contributed by atoms with van der Waals surface area (Å²) in [5, 5.41) is 0. The van der Waals surface area contributed by atoms with Crippen molar-refractivity contribution in [1.29, 1.82) is 0 Å². The average Bonchev–Trinajstić information content (AvgIpc) is 2.70. The summed E-state index contributed by atoms with van der Waals surface area (Å²) in [6, 6.07) is 0. The standard InChI is InChI=1S/C25H46O6/c1-20(2)12-8-6-5-7-10-18-28-24(26)30-22-14-16-23(17-15-22)31-25(27)29-19-11-9-13-21(3)4/h20-23H,5-19H2,1-4H3. The van der Waals surface area contributed by atoms with E-state index in [2.05, 4.69) is 27.7 Å². The molecule has 0 aromatic carbocycles. The molecule has 0 bridgehead atoms. The van der Waals surface area contributed by atoms with Crippen LogP contribution in [0, 0.1) is 11.8 Å². The van der Waals surface area contributed by atoms with Crippen molar-refractivity contribution in [3.8, 4) is 0 Å². The molecular weight excluding hydrogens is 396 g/mol. The Morgan fingerprint density at radius 2 is 0.968 bits per heavy atom. The SMILES string of the molecule is CC(C)CCCCCCCOC(=O)OC1CCC(OC(=O)OCCCCC(C)C)CC1. The fraction of sp³-hybridized carbons (Fsp3) is 0.920. The van der Waals surface area contributed by atoms with Crippen LogP contribution in [0.5, 0.6) is 0 Å². The second-order valence-electron chi connectivity index (χ2n) is 9.67. The Kier molecular flexibility index (Phi) is 15.2. The van der Waals surface area contributed by atoms with Crippen LogP contribution in [0.4, 0.5) is 9.59 Å². The normalized spacial score (nSPS) is 18.8. The van der Waals surface area contributed by atoms with Crippen LogP contribution in [0.3, 0.4) is 0 Å². The smallest absolute Gasteiger partial charge is 0.434 e. The molecule has 0 radical (unpaired) electrons. The van der Waals surface area contributed by atoms with Crippen LogP contribution in [0.25, 0.3) is 0 Å². The van der Waals surface area contributed by atoms with Crippen LogP contribution in [0.2, 0.25) is 0 Å². The zero-order valence-corrected chi connectivity index (χ0v) is 20.4. The first-order chi connectivity index (χ1) is 14.9. The van der Waals surface area contributed by atoms with E-state index in [0.29, 0.717) is 44.8 Å². The fourth-order valence-corrected chi connectivity index (χ4v) is 3.76. The molecule has 1 aliphatic carbocycles. The Labute approximate surface area is 189 Å². The molecule has 6 heteroatoms. The summed E-state index contributed by atoms with van der Waals surface area (Å²) in [5.74, 6) is 1.45. The largest absolute Gasteiger partial charge is 0.508 e. The Bertz CT molecular complexity index is 469. The Morgan fingerprint density at radius 1 is 0.613 bits per heavy atom. The molecule has 0 aliphatic heterocycles. The zero-order chi connectivity index (χ0) is 22.9. The number of unbranched alkanes of at least 4 members (excludes halogenated alkanes) is 5. The number of carbonyl (C=O) groups excluding carboxylic acids is 2. The van der Waals surface area contributed by atoms with E-state index >= 15 is 0 Å². The van der Waals surface area contributed by atoms with Crippen molar-refractivity contribution >= 4 is 12.3 Å². The van der Waals surface area contributed by atoms with E-state index in [4.69, 9.17) is 18.9 Å². The van der Waals surface area contributed by atoms with Crippen molar-refractivity contribution in [3.05, 3.63) is 0 Å². The molecule has 182 valence electrons. The first-order valence-corrected chi connectivity index (χ1v) is 12.5. The molecule has 0 atom stereocenters. The lowest BCUT2D eigenvalue weighted by atomic mass is 9.95. The summed E-state index contributed by atoms with van der Waals surface area (Å²) in [6.07, 6.45) is 11.3. The maximum absolute atomic E-state index is 11.8. The highest BCUT2D eigenvalue weighted by molar-refractivity contribution is 5.60. The van der Waals surface area contributed by atoms with Crippen molar-refractivity contribution in [2.24, 2.45) is 11.8 Å². The molecule has 1 saturated carbocycles. The molecule has 6 nitrogen and oxygen atoms in total. The minimum atomic E-state index is -0.586. The highest BCUT2D eigenvalue weighted by atomic mass is 16.7. The van der Waals surface area contributed by atoms with Gasteiger partial charge < -0.3 is 18.9 Å². The van der Waals surface area contributed by atoms with E-state index in [1.165, 1.54) is 25.7 Å². The van der Waals surface area contributed by atoms with Gasteiger partial charge in [0.15, 0.2) is 0 Å². The molecule has 1 fully saturated rings. The molecule has 1 rings (SSSR count). The predicted molar refractivity (Wildman–Crippen MR) is 122 cm³/mol. The van der Waals surface area contributed by atoms with Gasteiger partial charge in [0.05, 0.1) is 13.2 Å². The third-order valence-electron chi connectivity index (χ3n) is 5.69. The molecule has 0 aromatic rings. The summed E-state index contributed by atoms with van der Waals surface area (Å²) in [7, 11) is 0. The lowest BCUT2D eigenvalue weighted by Crippen LogP contribution is -2.30. The highest BCUT2D eigenvalue weighted by Crippen LogP contribution is 2.24. The van der Waals surface area contributed by atoms with E-state index in [1.54, 1.807) is 0 Å². The molecule has 0 saturated heterocycles. The first-order valence-electron chi connectivity index (χ1n) is 12.5. The Morgan fingerprint density at radius 3 is 1.42 bits per heavy atom. The van der Waals surface area contributed by atoms with Crippen LogP contribution < -0.4 is 0 Å². The molecule has 0 N–H and O–H groups in total. The molecule has 0 heterocycles. The molecule has 0 aromatic heterocycles. The third kappa shape index (κ3) is 15.9. The molecule has 1 aliphatic rings. The second-order valence-corrected chi connectivity index (χ2v) is 9.67. The van der Waals surface area contributed by atoms with Gasteiger partial charge in [0.25, 0.3) is 0 Å². The molecular formula is C25H46O6. The van der Waals surface area contributed by atoms with E-state index in [9.17, 15) is 9.59 Å². The summed E-state index contributed by atoms with van der Waals surface area (Å²) in [4.78, 5) is 23.6. The van der Waals surface area contributed by atoms with Crippen LogP contribution in [0.1, 0.15) is 111 Å². The molecule has 0 spiro atoms. The van der Waals surface area contributed by atoms with Gasteiger partial charge in [-0.05, 0) is 56.8 Å². The van der Waals surface area contributed by atoms with Crippen molar-refractivity contribution in [3.63, 3.8) is 0 Å². The van der Waals surface area contributed by atoms with Gasteiger partial charge >= 0.3 is 12.3 Å². The maximum Gasteiger partial charge on any atom is 0.508 e. The van der Waals surface area contributed by atoms with Crippen molar-refractivity contribution in [1.82, 2.24) is 0 Å². The molecule has 0 unspecified atom stereocenters. The van der Waals surface area contributed by atoms with Gasteiger partial charge in [-0.15, -0.1) is 0 Å². The molecule has 31 heavy (non-hydrogen) atoms. The first kappa shape index (κ1) is 27.6. The minimum absolute atomic E-state index is 0.157. The monoisotopic (exact) mass is 442 g/mol. The number of hydrogen-bond donors (Lipinski definition) is 0. The quantitative estimate of drug-likeness (QED) is 0.194. The minimum Gasteiger partial charge on any atom is -0.434 e. The van der Waals surface area contributed by atoms with E-state index in [0.717, 1.165) is 38.0 Å². The second kappa shape index (κ2) is 17.1. The third-order valence-corrected chi connectivity index (χ3v) is 5.69. The van der Waals surface area contributed by atoms with E-state index < -0.39 is 12.3 Å². The number of hydrogen-bond acceptors (Lipinski definition) is 6. The van der Waals surface area contributed by atoms with E-state index in [1.807, 2.05) is 0 Å². The highest BCUT2D eigenvalue weighted by Gasteiger charge is 2.27. The zero-order valence-electron chi connectivity index (χ0n) is 20.4. The summed E-state index contributed by atoms with van der Waals surface area (Å²) in [5.41, 5.74) is 0. The van der Waals surface area contributed by atoms with Gasteiger partial charge in [-0.3, -0.25) is 0 Å². The van der Waals surface area contributed by atoms with Crippen LogP contribution in [-0.2, 0) is 18.9 Å². The summed E-state index contributed by atoms with van der Waals surface area (Å²) >= 11 is 0. The lowest BCUT2D eigenvalue weighted by molar-refractivity contribution is -0.0271. The van der Waals surface area contributed by atoms with Gasteiger partial charge in [-0.2, -0.15) is 0 Å². The van der Waals surface area contributed by atoms with Crippen molar-refractivity contribution < 1.29 is 28.5 Å².